The van der Waals surface area contributed by atoms with Gasteiger partial charge in [0, 0.05) is 13.1 Å². The average Bonchev–Trinajstić information content (AvgIpc) is 2.33. The van der Waals surface area contributed by atoms with Gasteiger partial charge in [0.2, 0.25) is 6.20 Å². The minimum Gasteiger partial charge on any atom is -0.618 e. The largest absolute Gasteiger partial charge is 0.618 e. The van der Waals surface area contributed by atoms with Crippen LogP contribution in [0.3, 0.4) is 0 Å². The minimum atomic E-state index is -0.555. The van der Waals surface area contributed by atoms with Gasteiger partial charge >= 0.3 is 0 Å². The number of aromatic nitrogens is 3. The molecule has 2 aromatic heterocycles. The Balaban J connectivity index is 2.92. The third kappa shape index (κ3) is 0.827. The van der Waals surface area contributed by atoms with Crippen molar-refractivity contribution >= 4 is 11.0 Å². The molecule has 0 unspecified atom stereocenters. The summed E-state index contributed by atoms with van der Waals surface area (Å²) in [6.45, 7) is 0. The van der Waals surface area contributed by atoms with E-state index < -0.39 is 5.82 Å². The molecule has 2 aromatic rings. The van der Waals surface area contributed by atoms with Gasteiger partial charge in [0.25, 0.3) is 5.52 Å². The number of rotatable bonds is 0. The smallest absolute Gasteiger partial charge is 0.262 e. The molecule has 0 bridgehead atoms. The first-order chi connectivity index (χ1) is 5.68. The molecule has 0 radical (unpaired) electrons. The highest BCUT2D eigenvalue weighted by Gasteiger charge is 2.09. The molecule has 0 saturated carbocycles. The predicted molar refractivity (Wildman–Crippen MR) is 39.6 cm³/mol. The second-order valence-corrected chi connectivity index (χ2v) is 2.52. The lowest BCUT2D eigenvalue weighted by molar-refractivity contribution is -0.578. The average molecular weight is 167 g/mol. The number of aryl methyl sites for hydroxylation is 1. The fourth-order valence-corrected chi connectivity index (χ4v) is 1.12. The van der Waals surface area contributed by atoms with Crippen molar-refractivity contribution in [2.45, 2.75) is 0 Å². The molecule has 0 aliphatic carbocycles. The molecular formula is C7H6FN3O. The number of hydrogen-bond acceptors (Lipinski definition) is 2. The van der Waals surface area contributed by atoms with Crippen molar-refractivity contribution < 1.29 is 9.12 Å². The van der Waals surface area contributed by atoms with E-state index in [0.717, 1.165) is 6.20 Å². The van der Waals surface area contributed by atoms with Crippen molar-refractivity contribution in [3.63, 3.8) is 0 Å². The lowest BCUT2D eigenvalue weighted by Crippen LogP contribution is -2.26. The Labute approximate surface area is 67.4 Å². The van der Waals surface area contributed by atoms with E-state index in [1.807, 2.05) is 0 Å². The highest BCUT2D eigenvalue weighted by Crippen LogP contribution is 2.08. The van der Waals surface area contributed by atoms with E-state index in [0.29, 0.717) is 15.8 Å². The highest BCUT2D eigenvalue weighted by atomic mass is 19.1. The van der Waals surface area contributed by atoms with Crippen LogP contribution in [0.5, 0.6) is 0 Å². The molecule has 2 heterocycles. The van der Waals surface area contributed by atoms with Crippen molar-refractivity contribution in [2.24, 2.45) is 7.05 Å². The standard InChI is InChI=1S/C7H6FN3O/c1-10-6-2-5(8)4-11(12)7(6)3-9-10/h2-4H,1H3. The maximum atomic E-state index is 12.7. The summed E-state index contributed by atoms with van der Waals surface area (Å²) in [7, 11) is 1.65. The van der Waals surface area contributed by atoms with Gasteiger partial charge in [0.1, 0.15) is 11.7 Å². The lowest BCUT2D eigenvalue weighted by atomic mass is 10.4. The van der Waals surface area contributed by atoms with Gasteiger partial charge in [-0.15, -0.1) is 0 Å². The molecule has 0 saturated heterocycles. The Morgan fingerprint density at radius 3 is 3.17 bits per heavy atom. The summed E-state index contributed by atoms with van der Waals surface area (Å²) < 4.78 is 14.6. The SMILES string of the molecule is Cn1ncc2c1cc(F)c[n+]2[O-]. The molecule has 0 spiro atoms. The monoisotopic (exact) mass is 167 g/mol. The van der Waals surface area contributed by atoms with Crippen molar-refractivity contribution in [3.05, 3.63) is 29.5 Å². The summed E-state index contributed by atoms with van der Waals surface area (Å²) >= 11 is 0. The minimum absolute atomic E-state index is 0.374. The number of fused-ring (bicyclic) bond motifs is 1. The zero-order valence-corrected chi connectivity index (χ0v) is 6.36. The van der Waals surface area contributed by atoms with Crippen LogP contribution in [-0.4, -0.2) is 9.78 Å². The van der Waals surface area contributed by atoms with Crippen LogP contribution >= 0.6 is 0 Å². The van der Waals surface area contributed by atoms with E-state index in [1.165, 1.54) is 16.9 Å². The van der Waals surface area contributed by atoms with Crippen LogP contribution in [0.25, 0.3) is 11.0 Å². The Hall–Kier alpha value is -1.65. The third-order valence-corrected chi connectivity index (χ3v) is 1.72. The molecule has 2 rings (SSSR count). The fraction of sp³-hybridized carbons (Fsp3) is 0.143. The lowest BCUT2D eigenvalue weighted by Gasteiger charge is -1.96. The molecule has 0 amide bonds. The van der Waals surface area contributed by atoms with Gasteiger partial charge in [-0.05, 0) is 0 Å². The van der Waals surface area contributed by atoms with Gasteiger partial charge in [-0.3, -0.25) is 4.68 Å². The van der Waals surface area contributed by atoms with E-state index in [1.54, 1.807) is 7.05 Å². The molecule has 4 nitrogen and oxygen atoms in total. The van der Waals surface area contributed by atoms with Crippen molar-refractivity contribution in [1.29, 1.82) is 0 Å². The molecule has 0 aliphatic heterocycles. The van der Waals surface area contributed by atoms with Gasteiger partial charge in [-0.1, -0.05) is 0 Å². The second kappa shape index (κ2) is 2.17. The first-order valence-electron chi connectivity index (χ1n) is 3.39. The number of hydrogen-bond donors (Lipinski definition) is 0. The Morgan fingerprint density at radius 2 is 2.42 bits per heavy atom. The summed E-state index contributed by atoms with van der Waals surface area (Å²) in [6.07, 6.45) is 2.28. The van der Waals surface area contributed by atoms with Gasteiger partial charge < -0.3 is 5.21 Å². The molecule has 0 aromatic carbocycles. The molecule has 12 heavy (non-hydrogen) atoms. The molecular weight excluding hydrogens is 161 g/mol. The molecule has 5 heteroatoms. The Kier molecular flexibility index (Phi) is 1.27. The van der Waals surface area contributed by atoms with Crippen LogP contribution in [0.1, 0.15) is 0 Å². The van der Waals surface area contributed by atoms with Crippen LogP contribution in [0, 0.1) is 11.0 Å². The van der Waals surface area contributed by atoms with Crippen LogP contribution in [0.4, 0.5) is 4.39 Å². The van der Waals surface area contributed by atoms with Crippen molar-refractivity contribution in [3.8, 4) is 0 Å². The van der Waals surface area contributed by atoms with E-state index >= 15 is 0 Å². The predicted octanol–water partition coefficient (Wildman–Crippen LogP) is 0.346. The fourth-order valence-electron chi connectivity index (χ4n) is 1.12. The van der Waals surface area contributed by atoms with Gasteiger partial charge in [0.05, 0.1) is 0 Å². The van der Waals surface area contributed by atoms with Crippen LogP contribution in [0.2, 0.25) is 0 Å². The third-order valence-electron chi connectivity index (χ3n) is 1.72. The zero-order chi connectivity index (χ0) is 8.72. The van der Waals surface area contributed by atoms with Crippen LogP contribution in [0.15, 0.2) is 18.5 Å². The van der Waals surface area contributed by atoms with Gasteiger partial charge in [0.15, 0.2) is 5.82 Å². The molecule has 0 aliphatic rings. The number of nitrogens with zero attached hydrogens (tertiary/aromatic N) is 3. The topological polar surface area (TPSA) is 44.8 Å². The normalized spacial score (nSPS) is 10.8. The van der Waals surface area contributed by atoms with E-state index in [4.69, 9.17) is 0 Å². The van der Waals surface area contributed by atoms with Crippen LogP contribution in [-0.2, 0) is 7.05 Å². The second-order valence-electron chi connectivity index (χ2n) is 2.52. The van der Waals surface area contributed by atoms with Crippen LogP contribution < -0.4 is 4.73 Å². The highest BCUT2D eigenvalue weighted by molar-refractivity contribution is 5.70. The summed E-state index contributed by atoms with van der Waals surface area (Å²) in [5.41, 5.74) is 0.865. The summed E-state index contributed by atoms with van der Waals surface area (Å²) in [6, 6.07) is 1.27. The summed E-state index contributed by atoms with van der Waals surface area (Å²) in [5, 5.41) is 14.9. The van der Waals surface area contributed by atoms with Crippen molar-refractivity contribution in [2.75, 3.05) is 0 Å². The van der Waals surface area contributed by atoms with E-state index in [9.17, 15) is 9.60 Å². The molecule has 0 fully saturated rings. The Bertz CT molecular complexity index is 437. The van der Waals surface area contributed by atoms with E-state index in [-0.39, 0.29) is 0 Å². The maximum Gasteiger partial charge on any atom is 0.262 e. The van der Waals surface area contributed by atoms with E-state index in [2.05, 4.69) is 5.10 Å². The number of halogens is 1. The molecule has 62 valence electrons. The molecule has 0 atom stereocenters. The summed E-state index contributed by atoms with van der Waals surface area (Å²) in [4.78, 5) is 0. The maximum absolute atomic E-state index is 12.7. The molecule has 0 N–H and O–H groups in total. The van der Waals surface area contributed by atoms with Gasteiger partial charge in [-0.2, -0.15) is 9.83 Å². The quantitative estimate of drug-likeness (QED) is 0.419. The van der Waals surface area contributed by atoms with Gasteiger partial charge in [-0.25, -0.2) is 4.39 Å². The van der Waals surface area contributed by atoms with Crippen molar-refractivity contribution in [1.82, 2.24) is 9.78 Å². The zero-order valence-electron chi connectivity index (χ0n) is 6.36. The first kappa shape index (κ1) is 7.02. The number of pyridine rings is 1. The Morgan fingerprint density at radius 1 is 1.67 bits per heavy atom. The first-order valence-corrected chi connectivity index (χ1v) is 3.39. The summed E-state index contributed by atoms with van der Waals surface area (Å²) in [5.74, 6) is -0.555.